The maximum absolute atomic E-state index is 14.0. The van der Waals surface area contributed by atoms with Crippen molar-refractivity contribution in [1.82, 2.24) is 0 Å². The van der Waals surface area contributed by atoms with Gasteiger partial charge in [-0.1, -0.05) is 18.2 Å². The van der Waals surface area contributed by atoms with Crippen molar-refractivity contribution >= 4 is 11.4 Å². The van der Waals surface area contributed by atoms with Crippen molar-refractivity contribution in [3.63, 3.8) is 0 Å². The molecule has 0 amide bonds. The molecule has 100 valence electrons. The molecule has 2 N–H and O–H groups in total. The molecule has 4 heteroatoms. The smallest absolute Gasteiger partial charge is 0.182 e. The Morgan fingerprint density at radius 2 is 1.84 bits per heavy atom. The minimum absolute atomic E-state index is 0.0167. The molecule has 19 heavy (non-hydrogen) atoms. The number of halogens is 2. The first-order chi connectivity index (χ1) is 9.04. The number of anilines is 2. The molecule has 0 aliphatic carbocycles. The summed E-state index contributed by atoms with van der Waals surface area (Å²) in [5, 5.41) is 0. The van der Waals surface area contributed by atoms with Gasteiger partial charge in [0.1, 0.15) is 0 Å². The SMILES string of the molecule is Cc1cccc(N(C)c2ccc(CN)c(F)c2F)c1. The van der Waals surface area contributed by atoms with Crippen molar-refractivity contribution in [3.05, 3.63) is 59.2 Å². The van der Waals surface area contributed by atoms with Crippen LogP contribution in [0.4, 0.5) is 20.2 Å². The minimum atomic E-state index is -0.875. The predicted octanol–water partition coefficient (Wildman–Crippen LogP) is 3.50. The van der Waals surface area contributed by atoms with E-state index in [2.05, 4.69) is 0 Å². The lowest BCUT2D eigenvalue weighted by Crippen LogP contribution is -2.13. The molecule has 0 radical (unpaired) electrons. The quantitative estimate of drug-likeness (QED) is 0.917. The highest BCUT2D eigenvalue weighted by molar-refractivity contribution is 5.64. The van der Waals surface area contributed by atoms with Crippen LogP contribution in [-0.2, 0) is 6.54 Å². The van der Waals surface area contributed by atoms with E-state index in [9.17, 15) is 8.78 Å². The lowest BCUT2D eigenvalue weighted by Gasteiger charge is -2.21. The van der Waals surface area contributed by atoms with Gasteiger partial charge >= 0.3 is 0 Å². The molecule has 2 nitrogen and oxygen atoms in total. The van der Waals surface area contributed by atoms with E-state index in [-0.39, 0.29) is 17.8 Å². The Balaban J connectivity index is 2.45. The summed E-state index contributed by atoms with van der Waals surface area (Å²) >= 11 is 0. The Morgan fingerprint density at radius 1 is 1.11 bits per heavy atom. The molecular weight excluding hydrogens is 246 g/mol. The Hall–Kier alpha value is -1.94. The molecule has 2 aromatic carbocycles. The molecule has 2 aromatic rings. The van der Waals surface area contributed by atoms with Gasteiger partial charge in [0.15, 0.2) is 11.6 Å². The van der Waals surface area contributed by atoms with Crippen LogP contribution in [0.2, 0.25) is 0 Å². The van der Waals surface area contributed by atoms with Crippen LogP contribution < -0.4 is 10.6 Å². The number of aryl methyl sites for hydroxylation is 1. The largest absolute Gasteiger partial charge is 0.342 e. The first-order valence-electron chi connectivity index (χ1n) is 6.02. The Morgan fingerprint density at radius 3 is 2.47 bits per heavy atom. The summed E-state index contributed by atoms with van der Waals surface area (Å²) in [5.41, 5.74) is 7.59. The lowest BCUT2D eigenvalue weighted by molar-refractivity contribution is 0.500. The highest BCUT2D eigenvalue weighted by Gasteiger charge is 2.16. The lowest BCUT2D eigenvalue weighted by atomic mass is 10.1. The fourth-order valence-electron chi connectivity index (χ4n) is 1.97. The monoisotopic (exact) mass is 262 g/mol. The summed E-state index contributed by atoms with van der Waals surface area (Å²) in [6.45, 7) is 1.93. The van der Waals surface area contributed by atoms with Crippen molar-refractivity contribution in [2.75, 3.05) is 11.9 Å². The normalized spacial score (nSPS) is 10.6. The molecule has 0 saturated heterocycles. The van der Waals surface area contributed by atoms with E-state index in [0.29, 0.717) is 0 Å². The van der Waals surface area contributed by atoms with Crippen LogP contribution in [0, 0.1) is 18.6 Å². The van der Waals surface area contributed by atoms with Gasteiger partial charge in [-0.25, -0.2) is 8.78 Å². The Labute approximate surface area is 111 Å². The zero-order chi connectivity index (χ0) is 14.0. The topological polar surface area (TPSA) is 29.3 Å². The molecule has 0 aliphatic heterocycles. The maximum Gasteiger partial charge on any atom is 0.182 e. The number of rotatable bonds is 3. The average molecular weight is 262 g/mol. The molecule has 0 aromatic heterocycles. The molecule has 2 rings (SSSR count). The van der Waals surface area contributed by atoms with Gasteiger partial charge < -0.3 is 10.6 Å². The fourth-order valence-corrected chi connectivity index (χ4v) is 1.97. The number of benzene rings is 2. The van der Waals surface area contributed by atoms with E-state index in [1.807, 2.05) is 31.2 Å². The zero-order valence-corrected chi connectivity index (χ0v) is 11.0. The summed E-state index contributed by atoms with van der Waals surface area (Å²) in [5.74, 6) is -1.74. The number of nitrogens with two attached hydrogens (primary N) is 1. The molecule has 0 bridgehead atoms. The van der Waals surface area contributed by atoms with Gasteiger partial charge in [-0.2, -0.15) is 0 Å². The summed E-state index contributed by atoms with van der Waals surface area (Å²) in [6, 6.07) is 10.6. The third kappa shape index (κ3) is 2.58. The predicted molar refractivity (Wildman–Crippen MR) is 73.5 cm³/mol. The maximum atomic E-state index is 14.0. The highest BCUT2D eigenvalue weighted by Crippen LogP contribution is 2.29. The van der Waals surface area contributed by atoms with E-state index < -0.39 is 11.6 Å². The molecule has 0 heterocycles. The van der Waals surface area contributed by atoms with Crippen molar-refractivity contribution in [3.8, 4) is 0 Å². The van der Waals surface area contributed by atoms with Crippen molar-refractivity contribution < 1.29 is 8.78 Å². The van der Waals surface area contributed by atoms with Crippen molar-refractivity contribution in [1.29, 1.82) is 0 Å². The van der Waals surface area contributed by atoms with Crippen LogP contribution >= 0.6 is 0 Å². The summed E-state index contributed by atoms with van der Waals surface area (Å²) in [4.78, 5) is 1.62. The third-order valence-electron chi connectivity index (χ3n) is 3.11. The van der Waals surface area contributed by atoms with E-state index in [1.165, 1.54) is 6.07 Å². The number of hydrogen-bond donors (Lipinski definition) is 1. The second-order valence-corrected chi connectivity index (χ2v) is 4.47. The van der Waals surface area contributed by atoms with E-state index in [0.717, 1.165) is 11.3 Å². The molecule has 0 fully saturated rings. The van der Waals surface area contributed by atoms with Crippen LogP contribution in [0.15, 0.2) is 36.4 Å². The highest BCUT2D eigenvalue weighted by atomic mass is 19.2. The van der Waals surface area contributed by atoms with Gasteiger partial charge in [-0.05, 0) is 30.7 Å². The van der Waals surface area contributed by atoms with Crippen LogP contribution in [0.25, 0.3) is 0 Å². The van der Waals surface area contributed by atoms with Gasteiger partial charge in [-0.3, -0.25) is 0 Å². The molecule has 0 unspecified atom stereocenters. The molecule has 0 saturated carbocycles. The summed E-state index contributed by atoms with van der Waals surface area (Å²) in [6.07, 6.45) is 0. The summed E-state index contributed by atoms with van der Waals surface area (Å²) < 4.78 is 27.7. The molecule has 0 spiro atoms. The van der Waals surface area contributed by atoms with Crippen LogP contribution in [-0.4, -0.2) is 7.05 Å². The fraction of sp³-hybridized carbons (Fsp3) is 0.200. The first kappa shape index (κ1) is 13.5. The van der Waals surface area contributed by atoms with Crippen molar-refractivity contribution in [2.24, 2.45) is 5.73 Å². The first-order valence-corrected chi connectivity index (χ1v) is 6.02. The Bertz CT molecular complexity index is 597. The van der Waals surface area contributed by atoms with Crippen LogP contribution in [0.5, 0.6) is 0 Å². The van der Waals surface area contributed by atoms with Gasteiger partial charge in [0, 0.05) is 24.8 Å². The van der Waals surface area contributed by atoms with Gasteiger partial charge in [0.05, 0.1) is 5.69 Å². The van der Waals surface area contributed by atoms with Crippen molar-refractivity contribution in [2.45, 2.75) is 13.5 Å². The number of nitrogens with zero attached hydrogens (tertiary/aromatic N) is 1. The zero-order valence-electron chi connectivity index (χ0n) is 11.0. The van der Waals surface area contributed by atoms with E-state index in [4.69, 9.17) is 5.73 Å². The second-order valence-electron chi connectivity index (χ2n) is 4.47. The minimum Gasteiger partial charge on any atom is -0.342 e. The van der Waals surface area contributed by atoms with E-state index in [1.54, 1.807) is 18.0 Å². The van der Waals surface area contributed by atoms with Gasteiger partial charge in [-0.15, -0.1) is 0 Å². The average Bonchev–Trinajstić information content (AvgIpc) is 2.41. The standard InChI is InChI=1S/C15H16F2N2/c1-10-4-3-5-12(8-10)19(2)13-7-6-11(9-18)14(16)15(13)17/h3-8H,9,18H2,1-2H3. The third-order valence-corrected chi connectivity index (χ3v) is 3.11. The van der Waals surface area contributed by atoms with Crippen LogP contribution in [0.3, 0.4) is 0 Å². The van der Waals surface area contributed by atoms with Crippen LogP contribution in [0.1, 0.15) is 11.1 Å². The van der Waals surface area contributed by atoms with E-state index >= 15 is 0 Å². The molecular formula is C15H16F2N2. The Kier molecular flexibility index (Phi) is 3.81. The molecule has 0 atom stereocenters. The number of hydrogen-bond acceptors (Lipinski definition) is 2. The molecule has 0 aliphatic rings. The van der Waals surface area contributed by atoms with Gasteiger partial charge in [0.25, 0.3) is 0 Å². The second kappa shape index (κ2) is 5.36. The summed E-state index contributed by atoms with van der Waals surface area (Å²) in [7, 11) is 1.70. The van der Waals surface area contributed by atoms with Gasteiger partial charge in [0.2, 0.25) is 0 Å².